The Hall–Kier alpha value is -0.340. The van der Waals surface area contributed by atoms with Crippen LogP contribution in [0.15, 0.2) is 11.6 Å². The largest absolute Gasteiger partial charge is 0.393 e. The van der Waals surface area contributed by atoms with E-state index in [-0.39, 0.29) is 6.10 Å². The van der Waals surface area contributed by atoms with Crippen LogP contribution in [0.1, 0.15) is 33.6 Å². The number of hydrogen-bond donors (Lipinski definition) is 1. The molecule has 1 saturated heterocycles. The van der Waals surface area contributed by atoms with Crippen LogP contribution in [0.3, 0.4) is 0 Å². The highest BCUT2D eigenvalue weighted by Crippen LogP contribution is 2.19. The summed E-state index contributed by atoms with van der Waals surface area (Å²) < 4.78 is 0. The predicted octanol–water partition coefficient (Wildman–Crippen LogP) is 2.05. The molecule has 1 aliphatic heterocycles. The number of aliphatic hydroxyl groups excluding tert-OH is 1. The summed E-state index contributed by atoms with van der Waals surface area (Å²) in [4.78, 5) is 2.44. The van der Waals surface area contributed by atoms with Crippen LogP contribution in [0.4, 0.5) is 0 Å². The lowest BCUT2D eigenvalue weighted by molar-refractivity contribution is 0.0294. The molecule has 0 bridgehead atoms. The highest BCUT2D eigenvalue weighted by atomic mass is 16.3. The number of rotatable bonds is 3. The molecule has 0 aromatic carbocycles. The third-order valence-electron chi connectivity index (χ3n) is 3.06. The van der Waals surface area contributed by atoms with Crippen LogP contribution in [0.5, 0.6) is 0 Å². The molecule has 0 aliphatic carbocycles. The molecule has 1 rings (SSSR count). The summed E-state index contributed by atoms with van der Waals surface area (Å²) in [5.41, 5.74) is 1.38. The van der Waals surface area contributed by atoms with Crippen LogP contribution >= 0.6 is 0 Å². The van der Waals surface area contributed by atoms with Crippen molar-refractivity contribution in [2.75, 3.05) is 19.6 Å². The van der Waals surface area contributed by atoms with E-state index >= 15 is 0 Å². The monoisotopic (exact) mass is 197 g/mol. The quantitative estimate of drug-likeness (QED) is 0.700. The van der Waals surface area contributed by atoms with E-state index in [1.165, 1.54) is 5.57 Å². The van der Waals surface area contributed by atoms with E-state index in [0.717, 1.165) is 32.5 Å². The average Bonchev–Trinajstić information content (AvgIpc) is 2.16. The minimum absolute atomic E-state index is 0.0667. The Kier molecular flexibility index (Phi) is 4.63. The minimum Gasteiger partial charge on any atom is -0.393 e. The zero-order valence-corrected chi connectivity index (χ0v) is 9.66. The summed E-state index contributed by atoms with van der Waals surface area (Å²) in [7, 11) is 0. The van der Waals surface area contributed by atoms with Crippen molar-refractivity contribution in [3.05, 3.63) is 11.6 Å². The number of nitrogens with zero attached hydrogens (tertiary/aromatic N) is 1. The standard InChI is InChI=1S/C12H23NO/c1-4-11-9-13(7-5-10(2)3)8-6-12(11)14/h5,11-12,14H,4,6-9H2,1-3H3. The van der Waals surface area contributed by atoms with E-state index in [0.29, 0.717) is 5.92 Å². The van der Waals surface area contributed by atoms with Crippen LogP contribution < -0.4 is 0 Å². The predicted molar refractivity (Wildman–Crippen MR) is 60.3 cm³/mol. The highest BCUT2D eigenvalue weighted by Gasteiger charge is 2.25. The SMILES string of the molecule is CCC1CN(CC=C(C)C)CCC1O. The maximum absolute atomic E-state index is 9.72. The van der Waals surface area contributed by atoms with Gasteiger partial charge in [-0.3, -0.25) is 4.90 Å². The second kappa shape index (κ2) is 5.52. The Balaban J connectivity index is 2.38. The normalized spacial score (nSPS) is 28.9. The van der Waals surface area contributed by atoms with Gasteiger partial charge in [0.25, 0.3) is 0 Å². The fraction of sp³-hybridized carbons (Fsp3) is 0.833. The molecule has 1 N–H and O–H groups in total. The minimum atomic E-state index is -0.0667. The van der Waals surface area contributed by atoms with Gasteiger partial charge in [-0.05, 0) is 32.6 Å². The number of likely N-dealkylation sites (tertiary alicyclic amines) is 1. The van der Waals surface area contributed by atoms with Crippen LogP contribution in [0.25, 0.3) is 0 Å². The van der Waals surface area contributed by atoms with E-state index in [1.807, 2.05) is 0 Å². The molecule has 1 aliphatic rings. The molecule has 0 aromatic heterocycles. The van der Waals surface area contributed by atoms with E-state index in [9.17, 15) is 5.11 Å². The summed E-state index contributed by atoms with van der Waals surface area (Å²) in [5.74, 6) is 0.481. The Bertz CT molecular complexity index is 196. The molecule has 0 amide bonds. The van der Waals surface area contributed by atoms with E-state index in [1.54, 1.807) is 0 Å². The number of aliphatic hydroxyl groups is 1. The Morgan fingerprint density at radius 1 is 1.50 bits per heavy atom. The molecule has 2 heteroatoms. The molecule has 14 heavy (non-hydrogen) atoms. The van der Waals surface area contributed by atoms with Crippen LogP contribution in [-0.2, 0) is 0 Å². The summed E-state index contributed by atoms with van der Waals surface area (Å²) in [6, 6.07) is 0. The van der Waals surface area contributed by atoms with Gasteiger partial charge in [-0.25, -0.2) is 0 Å². The third kappa shape index (κ3) is 3.43. The summed E-state index contributed by atoms with van der Waals surface area (Å²) >= 11 is 0. The lowest BCUT2D eigenvalue weighted by Crippen LogP contribution is -2.42. The Morgan fingerprint density at radius 2 is 2.21 bits per heavy atom. The average molecular weight is 197 g/mol. The van der Waals surface area contributed by atoms with E-state index in [4.69, 9.17) is 0 Å². The maximum atomic E-state index is 9.72. The van der Waals surface area contributed by atoms with Gasteiger partial charge in [0.05, 0.1) is 6.10 Å². The first-order valence-electron chi connectivity index (χ1n) is 5.67. The molecule has 2 unspecified atom stereocenters. The second-order valence-corrected chi connectivity index (χ2v) is 4.57. The van der Waals surface area contributed by atoms with Gasteiger partial charge in [0.2, 0.25) is 0 Å². The molecule has 1 heterocycles. The summed E-state index contributed by atoms with van der Waals surface area (Å²) in [6.45, 7) is 9.58. The summed E-state index contributed by atoms with van der Waals surface area (Å²) in [6.07, 6.45) is 4.23. The second-order valence-electron chi connectivity index (χ2n) is 4.57. The van der Waals surface area contributed by atoms with Crippen molar-refractivity contribution < 1.29 is 5.11 Å². The highest BCUT2D eigenvalue weighted by molar-refractivity contribution is 4.96. The van der Waals surface area contributed by atoms with Gasteiger partial charge in [-0.1, -0.05) is 18.6 Å². The zero-order chi connectivity index (χ0) is 10.6. The molecular formula is C12H23NO. The molecule has 0 spiro atoms. The van der Waals surface area contributed by atoms with Crippen molar-refractivity contribution in [1.29, 1.82) is 0 Å². The fourth-order valence-corrected chi connectivity index (χ4v) is 1.97. The number of hydrogen-bond acceptors (Lipinski definition) is 2. The molecule has 1 fully saturated rings. The van der Waals surface area contributed by atoms with Crippen molar-refractivity contribution in [2.24, 2.45) is 5.92 Å². The van der Waals surface area contributed by atoms with Gasteiger partial charge < -0.3 is 5.11 Å². The van der Waals surface area contributed by atoms with Gasteiger partial charge in [0.15, 0.2) is 0 Å². The van der Waals surface area contributed by atoms with Crippen LogP contribution in [0, 0.1) is 5.92 Å². The topological polar surface area (TPSA) is 23.5 Å². The molecule has 0 saturated carbocycles. The van der Waals surface area contributed by atoms with E-state index < -0.39 is 0 Å². The van der Waals surface area contributed by atoms with E-state index in [2.05, 4.69) is 31.7 Å². The number of allylic oxidation sites excluding steroid dienone is 1. The maximum Gasteiger partial charge on any atom is 0.0592 e. The third-order valence-corrected chi connectivity index (χ3v) is 3.06. The lowest BCUT2D eigenvalue weighted by Gasteiger charge is -2.35. The number of piperidine rings is 1. The molecule has 2 atom stereocenters. The Morgan fingerprint density at radius 3 is 2.79 bits per heavy atom. The Labute approximate surface area is 87.6 Å². The fourth-order valence-electron chi connectivity index (χ4n) is 1.97. The molecule has 82 valence electrons. The lowest BCUT2D eigenvalue weighted by atomic mass is 9.92. The smallest absolute Gasteiger partial charge is 0.0592 e. The molecule has 2 nitrogen and oxygen atoms in total. The van der Waals surface area contributed by atoms with Crippen molar-refractivity contribution >= 4 is 0 Å². The van der Waals surface area contributed by atoms with Crippen molar-refractivity contribution in [1.82, 2.24) is 4.90 Å². The first-order chi connectivity index (χ1) is 6.63. The van der Waals surface area contributed by atoms with Gasteiger partial charge in [-0.2, -0.15) is 0 Å². The molecule has 0 radical (unpaired) electrons. The van der Waals surface area contributed by atoms with Gasteiger partial charge in [0.1, 0.15) is 0 Å². The molecular weight excluding hydrogens is 174 g/mol. The molecule has 0 aromatic rings. The zero-order valence-electron chi connectivity index (χ0n) is 9.66. The van der Waals surface area contributed by atoms with Crippen molar-refractivity contribution in [3.63, 3.8) is 0 Å². The first kappa shape index (κ1) is 11.7. The van der Waals surface area contributed by atoms with Crippen LogP contribution in [0.2, 0.25) is 0 Å². The van der Waals surface area contributed by atoms with Gasteiger partial charge in [-0.15, -0.1) is 0 Å². The first-order valence-corrected chi connectivity index (χ1v) is 5.67. The van der Waals surface area contributed by atoms with Crippen molar-refractivity contribution in [3.8, 4) is 0 Å². The van der Waals surface area contributed by atoms with Gasteiger partial charge in [0, 0.05) is 19.6 Å². The van der Waals surface area contributed by atoms with Gasteiger partial charge >= 0.3 is 0 Å². The summed E-state index contributed by atoms with van der Waals surface area (Å²) in [5, 5.41) is 9.72. The van der Waals surface area contributed by atoms with Crippen LogP contribution in [-0.4, -0.2) is 35.7 Å². The van der Waals surface area contributed by atoms with Crippen molar-refractivity contribution in [2.45, 2.75) is 39.7 Å².